The summed E-state index contributed by atoms with van der Waals surface area (Å²) in [5.74, 6) is 0.192. The third-order valence-electron chi connectivity index (χ3n) is 3.33. The molecule has 2 N–H and O–H groups in total. The maximum absolute atomic E-state index is 11.6. The van der Waals surface area contributed by atoms with Crippen LogP contribution in [0, 0.1) is 0 Å². The summed E-state index contributed by atoms with van der Waals surface area (Å²) in [5, 5.41) is 6.33. The van der Waals surface area contributed by atoms with Gasteiger partial charge in [-0.15, -0.1) is 0 Å². The van der Waals surface area contributed by atoms with Gasteiger partial charge in [-0.1, -0.05) is 20.3 Å². The van der Waals surface area contributed by atoms with Crippen LogP contribution in [0.3, 0.4) is 0 Å². The number of carbonyl (C=O) groups excluding carboxylic acids is 1. The first kappa shape index (κ1) is 15.4. The zero-order valence-electron chi connectivity index (χ0n) is 12.0. The fourth-order valence-electron chi connectivity index (χ4n) is 2.26. The maximum Gasteiger partial charge on any atom is 0.220 e. The van der Waals surface area contributed by atoms with Gasteiger partial charge < -0.3 is 15.5 Å². The topological polar surface area (TPSA) is 44.4 Å². The summed E-state index contributed by atoms with van der Waals surface area (Å²) in [6, 6.07) is 0.507. The molecule has 0 aromatic rings. The smallest absolute Gasteiger partial charge is 0.220 e. The van der Waals surface area contributed by atoms with E-state index < -0.39 is 0 Å². The molecular formula is C14H29N3O. The molecule has 0 spiro atoms. The normalized spacial score (nSPS) is 17.1. The number of likely N-dealkylation sites (tertiary alicyclic amines) is 1. The Balaban J connectivity index is 1.92. The lowest BCUT2D eigenvalue weighted by molar-refractivity contribution is -0.121. The van der Waals surface area contributed by atoms with Crippen molar-refractivity contribution in [2.75, 3.05) is 32.7 Å². The Morgan fingerprint density at radius 1 is 1.17 bits per heavy atom. The Kier molecular flexibility index (Phi) is 8.01. The highest BCUT2D eigenvalue weighted by Gasteiger charge is 2.09. The summed E-state index contributed by atoms with van der Waals surface area (Å²) in [4.78, 5) is 14.0. The Morgan fingerprint density at radius 3 is 2.56 bits per heavy atom. The van der Waals surface area contributed by atoms with Crippen molar-refractivity contribution in [3.05, 3.63) is 0 Å². The Labute approximate surface area is 111 Å². The number of rotatable bonds is 8. The molecule has 0 bridgehead atoms. The molecule has 0 atom stereocenters. The fourth-order valence-corrected chi connectivity index (χ4v) is 2.26. The minimum atomic E-state index is 0.192. The quantitative estimate of drug-likeness (QED) is 0.644. The summed E-state index contributed by atoms with van der Waals surface area (Å²) < 4.78 is 0. The van der Waals surface area contributed by atoms with E-state index in [2.05, 4.69) is 29.4 Å². The molecule has 1 rings (SSSR count). The lowest BCUT2D eigenvalue weighted by Gasteiger charge is -2.26. The van der Waals surface area contributed by atoms with Gasteiger partial charge in [0.2, 0.25) is 5.91 Å². The SMILES string of the molecule is CC(C)NCCCC(=O)NCCN1CCCCC1. The number of nitrogens with one attached hydrogen (secondary N) is 2. The van der Waals surface area contributed by atoms with Crippen LogP contribution < -0.4 is 10.6 Å². The first-order chi connectivity index (χ1) is 8.68. The lowest BCUT2D eigenvalue weighted by atomic mass is 10.1. The highest BCUT2D eigenvalue weighted by atomic mass is 16.1. The predicted molar refractivity (Wildman–Crippen MR) is 75.7 cm³/mol. The second-order valence-electron chi connectivity index (χ2n) is 5.46. The van der Waals surface area contributed by atoms with Crippen LogP contribution in [0.25, 0.3) is 0 Å². The molecule has 1 amide bonds. The minimum absolute atomic E-state index is 0.192. The summed E-state index contributed by atoms with van der Waals surface area (Å²) in [6.45, 7) is 9.39. The average Bonchev–Trinajstić information content (AvgIpc) is 2.36. The van der Waals surface area contributed by atoms with Crippen molar-refractivity contribution in [2.24, 2.45) is 0 Å². The van der Waals surface area contributed by atoms with E-state index in [1.54, 1.807) is 0 Å². The van der Waals surface area contributed by atoms with Crippen LogP contribution in [0.5, 0.6) is 0 Å². The largest absolute Gasteiger partial charge is 0.355 e. The van der Waals surface area contributed by atoms with Crippen LogP contribution in [0.1, 0.15) is 46.0 Å². The Morgan fingerprint density at radius 2 is 1.89 bits per heavy atom. The van der Waals surface area contributed by atoms with Crippen LogP contribution in [-0.4, -0.2) is 49.6 Å². The predicted octanol–water partition coefficient (Wildman–Crippen LogP) is 1.37. The molecule has 0 aromatic carbocycles. The van der Waals surface area contributed by atoms with E-state index in [0.29, 0.717) is 12.5 Å². The zero-order valence-corrected chi connectivity index (χ0v) is 12.0. The first-order valence-corrected chi connectivity index (χ1v) is 7.41. The van der Waals surface area contributed by atoms with Crippen LogP contribution >= 0.6 is 0 Å². The van der Waals surface area contributed by atoms with E-state index in [1.165, 1.54) is 32.4 Å². The highest BCUT2D eigenvalue weighted by molar-refractivity contribution is 5.75. The van der Waals surface area contributed by atoms with E-state index in [1.807, 2.05) is 0 Å². The molecule has 1 heterocycles. The monoisotopic (exact) mass is 255 g/mol. The zero-order chi connectivity index (χ0) is 13.2. The molecule has 0 radical (unpaired) electrons. The second-order valence-corrected chi connectivity index (χ2v) is 5.46. The van der Waals surface area contributed by atoms with Gasteiger partial charge in [-0.3, -0.25) is 4.79 Å². The molecule has 0 aromatic heterocycles. The Hall–Kier alpha value is -0.610. The Bertz CT molecular complexity index is 225. The van der Waals surface area contributed by atoms with Crippen molar-refractivity contribution < 1.29 is 4.79 Å². The second kappa shape index (κ2) is 9.34. The van der Waals surface area contributed by atoms with Crippen molar-refractivity contribution in [1.29, 1.82) is 0 Å². The number of carbonyl (C=O) groups is 1. The van der Waals surface area contributed by atoms with Gasteiger partial charge in [0, 0.05) is 25.6 Å². The van der Waals surface area contributed by atoms with Gasteiger partial charge >= 0.3 is 0 Å². The van der Waals surface area contributed by atoms with Crippen molar-refractivity contribution in [2.45, 2.75) is 52.0 Å². The van der Waals surface area contributed by atoms with Gasteiger partial charge in [0.05, 0.1) is 0 Å². The molecule has 1 saturated heterocycles. The first-order valence-electron chi connectivity index (χ1n) is 7.41. The number of piperidine rings is 1. The van der Waals surface area contributed by atoms with Gasteiger partial charge in [-0.2, -0.15) is 0 Å². The number of hydrogen-bond donors (Lipinski definition) is 2. The molecule has 0 saturated carbocycles. The average molecular weight is 255 g/mol. The van der Waals surface area contributed by atoms with Gasteiger partial charge in [0.1, 0.15) is 0 Å². The van der Waals surface area contributed by atoms with E-state index in [4.69, 9.17) is 0 Å². The van der Waals surface area contributed by atoms with Crippen LogP contribution in [0.4, 0.5) is 0 Å². The molecule has 0 aliphatic carbocycles. The molecule has 1 fully saturated rings. The van der Waals surface area contributed by atoms with Crippen LogP contribution in [0.2, 0.25) is 0 Å². The number of amides is 1. The standard InChI is InChI=1S/C14H29N3O/c1-13(2)15-8-6-7-14(18)16-9-12-17-10-4-3-5-11-17/h13,15H,3-12H2,1-2H3,(H,16,18). The lowest BCUT2D eigenvalue weighted by Crippen LogP contribution is -2.37. The molecule has 4 nitrogen and oxygen atoms in total. The van der Waals surface area contributed by atoms with E-state index in [9.17, 15) is 4.79 Å². The van der Waals surface area contributed by atoms with Gasteiger partial charge in [0.15, 0.2) is 0 Å². The summed E-state index contributed by atoms with van der Waals surface area (Å²) in [6.07, 6.45) is 5.56. The number of nitrogens with zero attached hydrogens (tertiary/aromatic N) is 1. The summed E-state index contributed by atoms with van der Waals surface area (Å²) in [7, 11) is 0. The van der Waals surface area contributed by atoms with Crippen molar-refractivity contribution >= 4 is 5.91 Å². The van der Waals surface area contributed by atoms with Crippen molar-refractivity contribution in [3.63, 3.8) is 0 Å². The molecule has 18 heavy (non-hydrogen) atoms. The number of hydrogen-bond acceptors (Lipinski definition) is 3. The van der Waals surface area contributed by atoms with Crippen molar-refractivity contribution in [3.8, 4) is 0 Å². The van der Waals surface area contributed by atoms with Gasteiger partial charge in [-0.25, -0.2) is 0 Å². The third kappa shape index (κ3) is 7.67. The van der Waals surface area contributed by atoms with E-state index in [-0.39, 0.29) is 5.91 Å². The highest BCUT2D eigenvalue weighted by Crippen LogP contribution is 2.07. The molecule has 0 unspecified atom stereocenters. The molecule has 1 aliphatic heterocycles. The van der Waals surface area contributed by atoms with Gasteiger partial charge in [-0.05, 0) is 38.9 Å². The minimum Gasteiger partial charge on any atom is -0.355 e. The third-order valence-corrected chi connectivity index (χ3v) is 3.33. The fraction of sp³-hybridized carbons (Fsp3) is 0.929. The van der Waals surface area contributed by atoms with Crippen LogP contribution in [-0.2, 0) is 4.79 Å². The molecular weight excluding hydrogens is 226 g/mol. The molecule has 106 valence electrons. The molecule has 1 aliphatic rings. The summed E-state index contributed by atoms with van der Waals surface area (Å²) >= 11 is 0. The van der Waals surface area contributed by atoms with Crippen LogP contribution in [0.15, 0.2) is 0 Å². The molecule has 4 heteroatoms. The van der Waals surface area contributed by atoms with E-state index in [0.717, 1.165) is 26.1 Å². The summed E-state index contributed by atoms with van der Waals surface area (Å²) in [5.41, 5.74) is 0. The van der Waals surface area contributed by atoms with E-state index >= 15 is 0 Å². The van der Waals surface area contributed by atoms with Crippen molar-refractivity contribution in [1.82, 2.24) is 15.5 Å². The maximum atomic E-state index is 11.6. The van der Waals surface area contributed by atoms with Gasteiger partial charge in [0.25, 0.3) is 0 Å².